The van der Waals surface area contributed by atoms with E-state index in [1.54, 1.807) is 6.20 Å². The van der Waals surface area contributed by atoms with Crippen LogP contribution < -0.4 is 5.32 Å². The van der Waals surface area contributed by atoms with Gasteiger partial charge in [0.1, 0.15) is 0 Å². The van der Waals surface area contributed by atoms with Crippen LogP contribution in [0.2, 0.25) is 0 Å². The third kappa shape index (κ3) is 5.20. The zero-order chi connectivity index (χ0) is 16.6. The maximum absolute atomic E-state index is 12.1. The van der Waals surface area contributed by atoms with Crippen LogP contribution in [0.4, 0.5) is 0 Å². The Bertz CT molecular complexity index is 612. The average molecular weight is 326 g/mol. The van der Waals surface area contributed by atoms with Gasteiger partial charge in [-0.3, -0.25) is 9.89 Å². The number of hydrogen-bond donors (Lipinski definition) is 2. The summed E-state index contributed by atoms with van der Waals surface area (Å²) in [4.78, 5) is 14.6. The third-order valence-corrected chi connectivity index (χ3v) is 4.63. The molecule has 1 aliphatic heterocycles. The largest absolute Gasteiger partial charge is 0.352 e. The molecular formula is C19H26N4O. The maximum Gasteiger partial charge on any atom is 0.220 e. The lowest BCUT2D eigenvalue weighted by atomic mass is 10.0. The van der Waals surface area contributed by atoms with Gasteiger partial charge in [-0.05, 0) is 43.4 Å². The highest BCUT2D eigenvalue weighted by molar-refractivity contribution is 5.76. The van der Waals surface area contributed by atoms with Gasteiger partial charge in [0.15, 0.2) is 0 Å². The molecule has 24 heavy (non-hydrogen) atoms. The van der Waals surface area contributed by atoms with E-state index in [2.05, 4.69) is 50.7 Å². The van der Waals surface area contributed by atoms with Gasteiger partial charge in [0.25, 0.3) is 0 Å². The maximum atomic E-state index is 12.1. The van der Waals surface area contributed by atoms with Crippen molar-refractivity contribution >= 4 is 5.91 Å². The van der Waals surface area contributed by atoms with Crippen LogP contribution >= 0.6 is 0 Å². The third-order valence-electron chi connectivity index (χ3n) is 4.63. The van der Waals surface area contributed by atoms with Crippen molar-refractivity contribution in [2.45, 2.75) is 38.1 Å². The SMILES string of the molecule is O=C(CCc1cn[nH]c1)NC1CCCN(CCc2ccccc2)C1. The molecule has 2 N–H and O–H groups in total. The van der Waals surface area contributed by atoms with Crippen molar-refractivity contribution in [2.75, 3.05) is 19.6 Å². The van der Waals surface area contributed by atoms with Crippen molar-refractivity contribution < 1.29 is 4.79 Å². The van der Waals surface area contributed by atoms with Gasteiger partial charge < -0.3 is 10.2 Å². The summed E-state index contributed by atoms with van der Waals surface area (Å²) in [7, 11) is 0. The van der Waals surface area contributed by atoms with Crippen LogP contribution in [0.1, 0.15) is 30.4 Å². The Hall–Kier alpha value is -2.14. The minimum absolute atomic E-state index is 0.145. The Morgan fingerprint density at radius 3 is 2.92 bits per heavy atom. The monoisotopic (exact) mass is 326 g/mol. The Morgan fingerprint density at radius 1 is 1.25 bits per heavy atom. The van der Waals surface area contributed by atoms with Gasteiger partial charge in [-0.25, -0.2) is 0 Å². The molecule has 1 fully saturated rings. The molecule has 1 saturated heterocycles. The number of piperidine rings is 1. The number of likely N-dealkylation sites (tertiary alicyclic amines) is 1. The highest BCUT2D eigenvalue weighted by Gasteiger charge is 2.21. The molecule has 0 saturated carbocycles. The van der Waals surface area contributed by atoms with E-state index in [4.69, 9.17) is 0 Å². The molecule has 5 heteroatoms. The zero-order valence-corrected chi connectivity index (χ0v) is 14.1. The predicted octanol–water partition coefficient (Wildman–Crippen LogP) is 2.17. The van der Waals surface area contributed by atoms with Gasteiger partial charge in [0.2, 0.25) is 5.91 Å². The van der Waals surface area contributed by atoms with Gasteiger partial charge in [-0.2, -0.15) is 5.10 Å². The summed E-state index contributed by atoms with van der Waals surface area (Å²) in [6, 6.07) is 10.9. The van der Waals surface area contributed by atoms with E-state index in [0.29, 0.717) is 6.42 Å². The first kappa shape index (κ1) is 16.7. The van der Waals surface area contributed by atoms with E-state index >= 15 is 0 Å². The summed E-state index contributed by atoms with van der Waals surface area (Å²) >= 11 is 0. The molecule has 2 heterocycles. The van der Waals surface area contributed by atoms with E-state index in [9.17, 15) is 4.79 Å². The number of aromatic nitrogens is 2. The fraction of sp³-hybridized carbons (Fsp3) is 0.474. The van der Waals surface area contributed by atoms with Crippen LogP contribution in [0.5, 0.6) is 0 Å². The first-order chi connectivity index (χ1) is 11.8. The quantitative estimate of drug-likeness (QED) is 0.820. The Kier molecular flexibility index (Phi) is 6.01. The van der Waals surface area contributed by atoms with E-state index in [0.717, 1.165) is 50.9 Å². The number of aromatic amines is 1. The molecular weight excluding hydrogens is 300 g/mol. The molecule has 1 aromatic carbocycles. The highest BCUT2D eigenvalue weighted by atomic mass is 16.1. The Labute approximate surface area is 143 Å². The van der Waals surface area contributed by atoms with Gasteiger partial charge in [-0.1, -0.05) is 30.3 Å². The number of hydrogen-bond acceptors (Lipinski definition) is 3. The lowest BCUT2D eigenvalue weighted by molar-refractivity contribution is -0.122. The number of nitrogens with one attached hydrogen (secondary N) is 2. The summed E-state index contributed by atoms with van der Waals surface area (Å²) in [6.07, 6.45) is 8.20. The zero-order valence-electron chi connectivity index (χ0n) is 14.1. The van der Waals surface area contributed by atoms with Gasteiger partial charge >= 0.3 is 0 Å². The van der Waals surface area contributed by atoms with E-state index in [1.165, 1.54) is 5.56 Å². The molecule has 0 radical (unpaired) electrons. The minimum atomic E-state index is 0.145. The van der Waals surface area contributed by atoms with Crippen LogP contribution in [0.15, 0.2) is 42.7 Å². The number of carbonyl (C=O) groups is 1. The van der Waals surface area contributed by atoms with Crippen LogP contribution in [-0.4, -0.2) is 46.7 Å². The first-order valence-electron chi connectivity index (χ1n) is 8.83. The molecule has 1 aromatic heterocycles. The second-order valence-electron chi connectivity index (χ2n) is 6.55. The van der Waals surface area contributed by atoms with Crippen molar-refractivity contribution in [3.05, 3.63) is 53.9 Å². The molecule has 128 valence electrons. The molecule has 1 atom stereocenters. The lowest BCUT2D eigenvalue weighted by Gasteiger charge is -2.33. The summed E-state index contributed by atoms with van der Waals surface area (Å²) in [6.45, 7) is 3.16. The number of aryl methyl sites for hydroxylation is 1. The predicted molar refractivity (Wildman–Crippen MR) is 94.7 cm³/mol. The van der Waals surface area contributed by atoms with Gasteiger partial charge in [0.05, 0.1) is 6.20 Å². The van der Waals surface area contributed by atoms with Crippen molar-refractivity contribution in [1.29, 1.82) is 0 Å². The molecule has 0 spiro atoms. The second-order valence-corrected chi connectivity index (χ2v) is 6.55. The average Bonchev–Trinajstić information content (AvgIpc) is 3.13. The van der Waals surface area contributed by atoms with Crippen LogP contribution in [-0.2, 0) is 17.6 Å². The van der Waals surface area contributed by atoms with E-state index in [1.807, 2.05) is 6.20 Å². The molecule has 1 aliphatic rings. The van der Waals surface area contributed by atoms with Crippen molar-refractivity contribution in [1.82, 2.24) is 20.4 Å². The molecule has 2 aromatic rings. The Balaban J connectivity index is 1.39. The normalized spacial score (nSPS) is 18.4. The second kappa shape index (κ2) is 8.64. The topological polar surface area (TPSA) is 61.0 Å². The number of amides is 1. The summed E-state index contributed by atoms with van der Waals surface area (Å²) in [5.41, 5.74) is 2.46. The molecule has 0 bridgehead atoms. The van der Waals surface area contributed by atoms with Crippen molar-refractivity contribution in [3.8, 4) is 0 Å². The van der Waals surface area contributed by atoms with Gasteiger partial charge in [-0.15, -0.1) is 0 Å². The summed E-state index contributed by atoms with van der Waals surface area (Å²) in [5, 5.41) is 9.89. The van der Waals surface area contributed by atoms with Crippen LogP contribution in [0.25, 0.3) is 0 Å². The highest BCUT2D eigenvalue weighted by Crippen LogP contribution is 2.12. The van der Waals surface area contributed by atoms with E-state index in [-0.39, 0.29) is 11.9 Å². The first-order valence-corrected chi connectivity index (χ1v) is 8.83. The van der Waals surface area contributed by atoms with E-state index < -0.39 is 0 Å². The smallest absolute Gasteiger partial charge is 0.220 e. The molecule has 1 amide bonds. The summed E-state index contributed by atoms with van der Waals surface area (Å²) < 4.78 is 0. The fourth-order valence-corrected chi connectivity index (χ4v) is 3.28. The summed E-state index contributed by atoms with van der Waals surface area (Å²) in [5.74, 6) is 0.145. The van der Waals surface area contributed by atoms with Crippen molar-refractivity contribution in [3.63, 3.8) is 0 Å². The number of carbonyl (C=O) groups excluding carboxylic acids is 1. The van der Waals surface area contributed by atoms with Gasteiger partial charge in [0, 0.05) is 31.7 Å². The molecule has 5 nitrogen and oxygen atoms in total. The molecule has 3 rings (SSSR count). The standard InChI is InChI=1S/C19H26N4O/c24-19(9-8-17-13-20-21-14-17)22-18-7-4-11-23(15-18)12-10-16-5-2-1-3-6-16/h1-3,5-6,13-14,18H,4,7-12,15H2,(H,20,21)(H,22,24). The van der Waals surface area contributed by atoms with Crippen LogP contribution in [0, 0.1) is 0 Å². The lowest BCUT2D eigenvalue weighted by Crippen LogP contribution is -2.48. The number of H-pyrrole nitrogens is 1. The molecule has 0 aliphatic carbocycles. The number of nitrogens with zero attached hydrogens (tertiary/aromatic N) is 2. The minimum Gasteiger partial charge on any atom is -0.352 e. The fourth-order valence-electron chi connectivity index (χ4n) is 3.28. The molecule has 1 unspecified atom stereocenters. The number of benzene rings is 1. The number of rotatable bonds is 7. The Morgan fingerprint density at radius 2 is 2.12 bits per heavy atom. The van der Waals surface area contributed by atoms with Crippen LogP contribution in [0.3, 0.4) is 0 Å². The van der Waals surface area contributed by atoms with Crippen molar-refractivity contribution in [2.24, 2.45) is 0 Å².